The first-order chi connectivity index (χ1) is 13.9. The van der Waals surface area contributed by atoms with Gasteiger partial charge in [-0.3, -0.25) is 0 Å². The molecule has 0 saturated heterocycles. The zero-order chi connectivity index (χ0) is 20.9. The smallest absolute Gasteiger partial charge is 0.264 e. The molecule has 0 aliphatic heterocycles. The molecule has 1 heterocycles. The third-order valence-electron chi connectivity index (χ3n) is 4.28. The predicted octanol–water partition coefficient (Wildman–Crippen LogP) is 2.69. The molecular formula is C20H20N4O4S. The van der Waals surface area contributed by atoms with Crippen LogP contribution >= 0.6 is 0 Å². The summed E-state index contributed by atoms with van der Waals surface area (Å²) in [6.07, 6.45) is 0.279. The number of para-hydroxylation sites is 1. The van der Waals surface area contributed by atoms with Crippen molar-refractivity contribution < 1.29 is 17.7 Å². The fourth-order valence-electron chi connectivity index (χ4n) is 2.59. The van der Waals surface area contributed by atoms with Gasteiger partial charge in [-0.25, -0.2) is 12.7 Å². The van der Waals surface area contributed by atoms with Gasteiger partial charge in [0.15, 0.2) is 12.4 Å². The number of benzene rings is 2. The van der Waals surface area contributed by atoms with Gasteiger partial charge in [0, 0.05) is 20.0 Å². The van der Waals surface area contributed by atoms with Gasteiger partial charge in [-0.2, -0.15) is 10.2 Å². The first-order valence-electron chi connectivity index (χ1n) is 8.86. The number of aryl methyl sites for hydroxylation is 1. The molecule has 150 valence electrons. The first-order valence-corrected chi connectivity index (χ1v) is 10.3. The van der Waals surface area contributed by atoms with Gasteiger partial charge < -0.3 is 9.26 Å². The van der Waals surface area contributed by atoms with Crippen LogP contribution < -0.4 is 4.74 Å². The summed E-state index contributed by atoms with van der Waals surface area (Å²) in [5.41, 5.74) is 1.29. The van der Waals surface area contributed by atoms with Crippen molar-refractivity contribution in [2.45, 2.75) is 24.8 Å². The van der Waals surface area contributed by atoms with E-state index in [4.69, 9.17) is 14.5 Å². The zero-order valence-electron chi connectivity index (χ0n) is 16.1. The van der Waals surface area contributed by atoms with Crippen molar-refractivity contribution in [2.75, 3.05) is 13.6 Å². The summed E-state index contributed by atoms with van der Waals surface area (Å²) in [6, 6.07) is 15.4. The van der Waals surface area contributed by atoms with Crippen LogP contribution in [0.4, 0.5) is 0 Å². The number of nitrogens with zero attached hydrogens (tertiary/aromatic N) is 4. The monoisotopic (exact) mass is 412 g/mol. The van der Waals surface area contributed by atoms with E-state index in [0.29, 0.717) is 11.7 Å². The molecule has 0 unspecified atom stereocenters. The summed E-state index contributed by atoms with van der Waals surface area (Å²) in [5.74, 6) is 1.44. The summed E-state index contributed by atoms with van der Waals surface area (Å²) in [5, 5.41) is 12.8. The molecule has 0 spiro atoms. The fourth-order valence-corrected chi connectivity index (χ4v) is 3.81. The Morgan fingerprint density at radius 3 is 2.76 bits per heavy atom. The van der Waals surface area contributed by atoms with Crippen LogP contribution in [0.1, 0.15) is 22.8 Å². The lowest BCUT2D eigenvalue weighted by molar-refractivity contribution is 0.241. The summed E-state index contributed by atoms with van der Waals surface area (Å²) in [7, 11) is -2.25. The molecule has 1 aromatic heterocycles. The van der Waals surface area contributed by atoms with Crippen molar-refractivity contribution in [3.63, 3.8) is 0 Å². The molecule has 0 aliphatic rings. The minimum atomic E-state index is -3.71. The molecule has 0 amide bonds. The Hall–Kier alpha value is -3.22. The largest absolute Gasteiger partial charge is 0.483 e. The molecule has 0 radical (unpaired) electrons. The fraction of sp³-hybridized carbons (Fsp3) is 0.250. The Bertz CT molecular complexity index is 1140. The van der Waals surface area contributed by atoms with E-state index in [1.54, 1.807) is 12.1 Å². The molecule has 0 aliphatic carbocycles. The van der Waals surface area contributed by atoms with Crippen LogP contribution in [-0.2, 0) is 23.1 Å². The maximum absolute atomic E-state index is 12.7. The molecule has 9 heteroatoms. The SMILES string of the molecule is Cc1ccccc1OCc1nc(CCN(C)S(=O)(=O)c2cccc(C#N)c2)no1. The lowest BCUT2D eigenvalue weighted by Crippen LogP contribution is -2.29. The van der Waals surface area contributed by atoms with Gasteiger partial charge >= 0.3 is 0 Å². The van der Waals surface area contributed by atoms with Gasteiger partial charge in [-0.15, -0.1) is 0 Å². The van der Waals surface area contributed by atoms with Gasteiger partial charge in [0.25, 0.3) is 5.89 Å². The first kappa shape index (κ1) is 20.5. The second kappa shape index (κ2) is 8.86. The van der Waals surface area contributed by atoms with E-state index >= 15 is 0 Å². The topological polar surface area (TPSA) is 109 Å². The second-order valence-corrected chi connectivity index (χ2v) is 8.42. The highest BCUT2D eigenvalue weighted by molar-refractivity contribution is 7.89. The van der Waals surface area contributed by atoms with E-state index in [1.807, 2.05) is 37.3 Å². The van der Waals surface area contributed by atoms with Gasteiger partial charge in [0.2, 0.25) is 10.0 Å². The van der Waals surface area contributed by atoms with E-state index in [-0.39, 0.29) is 30.0 Å². The van der Waals surface area contributed by atoms with Crippen molar-refractivity contribution in [2.24, 2.45) is 0 Å². The summed E-state index contributed by atoms with van der Waals surface area (Å²) in [6.45, 7) is 2.24. The average Bonchev–Trinajstić information content (AvgIpc) is 3.19. The van der Waals surface area contributed by atoms with Crippen molar-refractivity contribution in [3.05, 3.63) is 71.4 Å². The minimum Gasteiger partial charge on any atom is -0.483 e. The average molecular weight is 412 g/mol. The summed E-state index contributed by atoms with van der Waals surface area (Å²) < 4.78 is 37.3. The number of rotatable bonds is 8. The van der Waals surface area contributed by atoms with Crippen molar-refractivity contribution in [1.82, 2.24) is 14.4 Å². The molecule has 29 heavy (non-hydrogen) atoms. The number of hydrogen-bond acceptors (Lipinski definition) is 7. The Balaban J connectivity index is 1.58. The van der Waals surface area contributed by atoms with Crippen LogP contribution in [-0.4, -0.2) is 36.5 Å². The van der Waals surface area contributed by atoms with E-state index in [9.17, 15) is 8.42 Å². The summed E-state index contributed by atoms with van der Waals surface area (Å²) in [4.78, 5) is 4.31. The summed E-state index contributed by atoms with van der Waals surface area (Å²) >= 11 is 0. The Labute approximate surface area is 169 Å². The van der Waals surface area contributed by atoms with Crippen LogP contribution in [0, 0.1) is 18.3 Å². The zero-order valence-corrected chi connectivity index (χ0v) is 16.9. The maximum Gasteiger partial charge on any atom is 0.264 e. The van der Waals surface area contributed by atoms with Gasteiger partial charge in [-0.1, -0.05) is 29.4 Å². The van der Waals surface area contributed by atoms with Crippen LogP contribution in [0.15, 0.2) is 57.9 Å². The van der Waals surface area contributed by atoms with Crippen molar-refractivity contribution in [3.8, 4) is 11.8 Å². The van der Waals surface area contributed by atoms with Crippen molar-refractivity contribution in [1.29, 1.82) is 5.26 Å². The molecule has 2 aromatic carbocycles. The Morgan fingerprint density at radius 2 is 2.00 bits per heavy atom. The van der Waals surface area contributed by atoms with E-state index in [1.165, 1.54) is 23.5 Å². The number of aromatic nitrogens is 2. The molecule has 0 atom stereocenters. The standard InChI is InChI=1S/C20H20N4O4S/c1-15-6-3-4-9-18(15)27-14-20-22-19(23-28-20)10-11-24(2)29(25,26)17-8-5-7-16(12-17)13-21/h3-9,12H,10-11,14H2,1-2H3. The Morgan fingerprint density at radius 1 is 1.21 bits per heavy atom. The van der Waals surface area contributed by atoms with E-state index in [0.717, 1.165) is 11.3 Å². The van der Waals surface area contributed by atoms with Crippen molar-refractivity contribution >= 4 is 10.0 Å². The maximum atomic E-state index is 12.7. The lowest BCUT2D eigenvalue weighted by atomic mass is 10.2. The van der Waals surface area contributed by atoms with E-state index in [2.05, 4.69) is 10.1 Å². The lowest BCUT2D eigenvalue weighted by Gasteiger charge is -2.16. The molecule has 0 fully saturated rings. The number of hydrogen-bond donors (Lipinski definition) is 0. The molecule has 0 saturated carbocycles. The van der Waals surface area contributed by atoms with Crippen LogP contribution in [0.2, 0.25) is 0 Å². The molecule has 0 bridgehead atoms. The third-order valence-corrected chi connectivity index (χ3v) is 6.13. The molecule has 3 rings (SSSR count). The second-order valence-electron chi connectivity index (χ2n) is 6.37. The molecule has 8 nitrogen and oxygen atoms in total. The minimum absolute atomic E-state index is 0.0690. The third kappa shape index (κ3) is 4.99. The number of nitriles is 1. The molecule has 0 N–H and O–H groups in total. The van der Waals surface area contributed by atoms with Gasteiger partial charge in [-0.05, 0) is 36.8 Å². The van der Waals surface area contributed by atoms with E-state index < -0.39 is 10.0 Å². The van der Waals surface area contributed by atoms with Crippen LogP contribution in [0.25, 0.3) is 0 Å². The van der Waals surface area contributed by atoms with Gasteiger partial charge in [0.1, 0.15) is 5.75 Å². The predicted molar refractivity (Wildman–Crippen MR) is 104 cm³/mol. The van der Waals surface area contributed by atoms with Crippen LogP contribution in [0.5, 0.6) is 5.75 Å². The number of sulfonamides is 1. The number of likely N-dealkylation sites (N-methyl/N-ethyl adjacent to an activating group) is 1. The molecule has 3 aromatic rings. The highest BCUT2D eigenvalue weighted by Crippen LogP contribution is 2.18. The Kier molecular flexibility index (Phi) is 6.26. The van der Waals surface area contributed by atoms with Gasteiger partial charge in [0.05, 0.1) is 16.5 Å². The number of ether oxygens (including phenoxy) is 1. The molecular weight excluding hydrogens is 392 g/mol. The normalized spacial score (nSPS) is 11.4. The highest BCUT2D eigenvalue weighted by Gasteiger charge is 2.21. The quantitative estimate of drug-likeness (QED) is 0.559. The van der Waals surface area contributed by atoms with Crippen LogP contribution in [0.3, 0.4) is 0 Å². The highest BCUT2D eigenvalue weighted by atomic mass is 32.2.